The van der Waals surface area contributed by atoms with E-state index in [-0.39, 0.29) is 5.82 Å². The Morgan fingerprint density at radius 3 is 2.62 bits per heavy atom. The van der Waals surface area contributed by atoms with Gasteiger partial charge in [0.05, 0.1) is 9.90 Å². The molecule has 0 aliphatic heterocycles. The van der Waals surface area contributed by atoms with Crippen LogP contribution in [-0.2, 0) is 13.0 Å². The van der Waals surface area contributed by atoms with Crippen LogP contribution in [0.3, 0.4) is 0 Å². The summed E-state index contributed by atoms with van der Waals surface area (Å²) in [6.45, 7) is 1.42. The first kappa shape index (κ1) is 17.4. The lowest BCUT2D eigenvalue weighted by Crippen LogP contribution is -2.16. The lowest BCUT2D eigenvalue weighted by atomic mass is 10.1. The van der Waals surface area contributed by atoms with Gasteiger partial charge in [-0.05, 0) is 36.7 Å². The van der Waals surface area contributed by atoms with Crippen molar-refractivity contribution in [2.45, 2.75) is 13.0 Å². The molecule has 0 aliphatic rings. The highest BCUT2D eigenvalue weighted by atomic mass is 35.5. The molecule has 3 aromatic rings. The van der Waals surface area contributed by atoms with Gasteiger partial charge in [0.15, 0.2) is 0 Å². The Bertz CT molecular complexity index is 815. The van der Waals surface area contributed by atoms with Gasteiger partial charge in [0.2, 0.25) is 0 Å². The molecule has 0 spiro atoms. The van der Waals surface area contributed by atoms with Crippen molar-refractivity contribution in [2.24, 2.45) is 0 Å². The SMILES string of the molecule is Fc1cccc(Cl)c1-c1cnc(CNCCc2ccccc2Cl)s1. The van der Waals surface area contributed by atoms with E-state index in [4.69, 9.17) is 23.2 Å². The molecule has 3 rings (SSSR count). The third-order valence-electron chi connectivity index (χ3n) is 3.57. The minimum absolute atomic E-state index is 0.329. The Labute approximate surface area is 154 Å². The van der Waals surface area contributed by atoms with Crippen LogP contribution in [0.1, 0.15) is 10.6 Å². The van der Waals surface area contributed by atoms with Gasteiger partial charge in [-0.1, -0.05) is 47.5 Å². The van der Waals surface area contributed by atoms with E-state index in [2.05, 4.69) is 10.3 Å². The molecule has 6 heteroatoms. The Morgan fingerprint density at radius 2 is 1.83 bits per heavy atom. The summed E-state index contributed by atoms with van der Waals surface area (Å²) in [4.78, 5) is 5.08. The van der Waals surface area contributed by atoms with Crippen LogP contribution in [0.2, 0.25) is 10.0 Å². The number of hydrogen-bond acceptors (Lipinski definition) is 3. The topological polar surface area (TPSA) is 24.9 Å². The summed E-state index contributed by atoms with van der Waals surface area (Å²) in [6, 6.07) is 12.5. The van der Waals surface area contributed by atoms with Gasteiger partial charge in [-0.2, -0.15) is 0 Å². The number of rotatable bonds is 6. The number of nitrogens with one attached hydrogen (secondary N) is 1. The monoisotopic (exact) mass is 380 g/mol. The summed E-state index contributed by atoms with van der Waals surface area (Å²) in [6.07, 6.45) is 2.51. The van der Waals surface area contributed by atoms with Gasteiger partial charge in [-0.15, -0.1) is 11.3 Å². The van der Waals surface area contributed by atoms with Crippen molar-refractivity contribution in [1.29, 1.82) is 0 Å². The van der Waals surface area contributed by atoms with Crippen LogP contribution >= 0.6 is 34.5 Å². The molecule has 2 aromatic carbocycles. The average Bonchev–Trinajstić information content (AvgIpc) is 3.01. The number of hydrogen-bond donors (Lipinski definition) is 1. The third-order valence-corrected chi connectivity index (χ3v) is 5.27. The van der Waals surface area contributed by atoms with E-state index in [1.54, 1.807) is 18.3 Å². The second-order valence-corrected chi connectivity index (χ2v) is 7.16. The fourth-order valence-electron chi connectivity index (χ4n) is 2.36. The molecule has 0 radical (unpaired) electrons. The number of nitrogens with zero attached hydrogens (tertiary/aromatic N) is 1. The molecule has 1 heterocycles. The predicted molar refractivity (Wildman–Crippen MR) is 99.4 cm³/mol. The third kappa shape index (κ3) is 4.14. The van der Waals surface area contributed by atoms with E-state index in [0.29, 0.717) is 17.1 Å². The number of thiazole rings is 1. The molecular formula is C18H15Cl2FN2S. The van der Waals surface area contributed by atoms with E-state index < -0.39 is 0 Å². The minimum Gasteiger partial charge on any atom is -0.310 e. The Kier molecular flexibility index (Phi) is 5.85. The van der Waals surface area contributed by atoms with Crippen LogP contribution in [0, 0.1) is 5.82 Å². The van der Waals surface area contributed by atoms with Crippen molar-refractivity contribution in [3.8, 4) is 10.4 Å². The maximum atomic E-state index is 13.9. The van der Waals surface area contributed by atoms with Gasteiger partial charge < -0.3 is 5.32 Å². The van der Waals surface area contributed by atoms with E-state index in [1.165, 1.54) is 17.4 Å². The van der Waals surface area contributed by atoms with Gasteiger partial charge in [0.25, 0.3) is 0 Å². The molecule has 0 aliphatic carbocycles. The van der Waals surface area contributed by atoms with Gasteiger partial charge in [0, 0.05) is 23.3 Å². The van der Waals surface area contributed by atoms with E-state index in [1.807, 2.05) is 24.3 Å². The number of benzene rings is 2. The summed E-state index contributed by atoms with van der Waals surface area (Å²) < 4.78 is 13.9. The fraction of sp³-hybridized carbons (Fsp3) is 0.167. The quantitative estimate of drug-likeness (QED) is 0.563. The molecule has 0 fully saturated rings. The molecule has 1 N–H and O–H groups in total. The van der Waals surface area contributed by atoms with Crippen molar-refractivity contribution >= 4 is 34.5 Å². The highest BCUT2D eigenvalue weighted by Gasteiger charge is 2.12. The molecule has 0 unspecified atom stereocenters. The Morgan fingerprint density at radius 1 is 1.04 bits per heavy atom. The van der Waals surface area contributed by atoms with Crippen LogP contribution in [0.15, 0.2) is 48.7 Å². The van der Waals surface area contributed by atoms with Crippen molar-refractivity contribution in [2.75, 3.05) is 6.54 Å². The smallest absolute Gasteiger partial charge is 0.133 e. The Hall–Kier alpha value is -1.46. The van der Waals surface area contributed by atoms with Crippen LogP contribution in [0.5, 0.6) is 0 Å². The van der Waals surface area contributed by atoms with Crippen LogP contribution in [0.4, 0.5) is 4.39 Å². The molecule has 2 nitrogen and oxygen atoms in total. The van der Waals surface area contributed by atoms with Crippen molar-refractivity contribution in [1.82, 2.24) is 10.3 Å². The fourth-order valence-corrected chi connectivity index (χ4v) is 3.86. The number of halogens is 3. The summed E-state index contributed by atoms with van der Waals surface area (Å²) in [5, 5.41) is 5.41. The molecule has 0 saturated heterocycles. The maximum absolute atomic E-state index is 13.9. The Balaban J connectivity index is 1.58. The van der Waals surface area contributed by atoms with Gasteiger partial charge in [-0.25, -0.2) is 9.37 Å². The standard InChI is InChI=1S/C18H15Cl2FN2S/c19-13-5-2-1-4-12(13)8-9-22-11-17-23-10-16(24-17)18-14(20)6-3-7-15(18)21/h1-7,10,22H,8-9,11H2. The van der Waals surface area contributed by atoms with Crippen LogP contribution < -0.4 is 5.32 Å². The second kappa shape index (κ2) is 8.08. The van der Waals surface area contributed by atoms with E-state index in [0.717, 1.165) is 33.4 Å². The molecule has 124 valence electrons. The normalized spacial score (nSPS) is 11.0. The van der Waals surface area contributed by atoms with Gasteiger partial charge in [-0.3, -0.25) is 0 Å². The molecule has 0 bridgehead atoms. The zero-order valence-corrected chi connectivity index (χ0v) is 15.1. The van der Waals surface area contributed by atoms with Crippen LogP contribution in [-0.4, -0.2) is 11.5 Å². The first-order valence-electron chi connectivity index (χ1n) is 7.48. The molecule has 24 heavy (non-hydrogen) atoms. The highest BCUT2D eigenvalue weighted by molar-refractivity contribution is 7.15. The zero-order chi connectivity index (χ0) is 16.9. The first-order valence-corrected chi connectivity index (χ1v) is 9.05. The molecule has 0 atom stereocenters. The van der Waals surface area contributed by atoms with Crippen molar-refractivity contribution in [3.05, 3.63) is 75.1 Å². The number of aromatic nitrogens is 1. The second-order valence-electron chi connectivity index (χ2n) is 5.23. The molecule has 0 amide bonds. The minimum atomic E-state index is -0.329. The van der Waals surface area contributed by atoms with Crippen molar-refractivity contribution in [3.63, 3.8) is 0 Å². The van der Waals surface area contributed by atoms with E-state index in [9.17, 15) is 4.39 Å². The van der Waals surface area contributed by atoms with Gasteiger partial charge >= 0.3 is 0 Å². The molecule has 1 aromatic heterocycles. The first-order chi connectivity index (χ1) is 11.6. The van der Waals surface area contributed by atoms with Crippen molar-refractivity contribution < 1.29 is 4.39 Å². The molecule has 0 saturated carbocycles. The largest absolute Gasteiger partial charge is 0.310 e. The summed E-state index contributed by atoms with van der Waals surface area (Å²) in [7, 11) is 0. The zero-order valence-electron chi connectivity index (χ0n) is 12.7. The summed E-state index contributed by atoms with van der Waals surface area (Å²) in [5.74, 6) is -0.329. The lowest BCUT2D eigenvalue weighted by Gasteiger charge is -2.05. The van der Waals surface area contributed by atoms with Gasteiger partial charge in [0.1, 0.15) is 10.8 Å². The lowest BCUT2D eigenvalue weighted by molar-refractivity contribution is 0.632. The highest BCUT2D eigenvalue weighted by Crippen LogP contribution is 2.34. The molecular weight excluding hydrogens is 366 g/mol. The average molecular weight is 381 g/mol. The van der Waals surface area contributed by atoms with Crippen LogP contribution in [0.25, 0.3) is 10.4 Å². The summed E-state index contributed by atoms with van der Waals surface area (Å²) >= 11 is 13.7. The predicted octanol–water partition coefficient (Wildman–Crippen LogP) is 5.59. The summed E-state index contributed by atoms with van der Waals surface area (Å²) in [5.41, 5.74) is 1.53. The van der Waals surface area contributed by atoms with E-state index >= 15 is 0 Å². The maximum Gasteiger partial charge on any atom is 0.133 e.